The number of rotatable bonds is 25. The van der Waals surface area contributed by atoms with Crippen molar-refractivity contribution in [1.29, 1.82) is 0 Å². The zero-order valence-corrected chi connectivity index (χ0v) is 42.4. The van der Waals surface area contributed by atoms with Crippen LogP contribution < -0.4 is 4.72 Å². The Bertz CT molecular complexity index is 2220. The van der Waals surface area contributed by atoms with Crippen LogP contribution in [0.3, 0.4) is 0 Å². The van der Waals surface area contributed by atoms with Crippen molar-refractivity contribution < 1.29 is 60.6 Å². The van der Waals surface area contributed by atoms with Crippen LogP contribution in [0.2, 0.25) is 25.7 Å². The summed E-state index contributed by atoms with van der Waals surface area (Å²) in [6.45, 7) is 11.4. The summed E-state index contributed by atoms with van der Waals surface area (Å²) in [5, 5.41) is 0. The van der Waals surface area contributed by atoms with E-state index < -0.39 is 90.5 Å². The summed E-state index contributed by atoms with van der Waals surface area (Å²) in [4.78, 5) is 25.9. The number of hydrogen-bond acceptors (Lipinski definition) is 14. The number of esters is 2. The minimum atomic E-state index is -3.90. The van der Waals surface area contributed by atoms with Crippen molar-refractivity contribution in [1.82, 2.24) is 4.72 Å². The fraction of sp³-hybridized carbons (Fsp3) is 0.490. The maximum Gasteiger partial charge on any atom is 0.303 e. The summed E-state index contributed by atoms with van der Waals surface area (Å²) in [6, 6.07) is 37.8. The monoisotopic (exact) mass is 993 g/mol. The quantitative estimate of drug-likeness (QED) is 0.0508. The molecule has 2 fully saturated rings. The lowest BCUT2D eigenvalue weighted by atomic mass is 9.95. The first-order chi connectivity index (χ1) is 32.7. The Morgan fingerprint density at radius 2 is 1.04 bits per heavy atom. The van der Waals surface area contributed by atoms with E-state index in [-0.39, 0.29) is 45.4 Å². The summed E-state index contributed by atoms with van der Waals surface area (Å²) in [7, 11) is -5.68. The molecule has 0 amide bonds. The molecule has 14 nitrogen and oxygen atoms in total. The van der Waals surface area contributed by atoms with Crippen LogP contribution in [0, 0.1) is 0 Å². The van der Waals surface area contributed by atoms with Crippen molar-refractivity contribution in [3.05, 3.63) is 144 Å². The highest BCUT2D eigenvalue weighted by atomic mass is 32.2. The van der Waals surface area contributed by atoms with Crippen LogP contribution in [0.1, 0.15) is 43.0 Å². The van der Waals surface area contributed by atoms with Crippen molar-refractivity contribution in [2.75, 3.05) is 24.7 Å². The summed E-state index contributed by atoms with van der Waals surface area (Å²) in [5.74, 6) is -0.773. The van der Waals surface area contributed by atoms with Crippen molar-refractivity contribution in [2.45, 2.75) is 133 Å². The minimum Gasteiger partial charge on any atom is -0.456 e. The van der Waals surface area contributed by atoms with Gasteiger partial charge in [-0.15, -0.1) is 11.8 Å². The van der Waals surface area contributed by atoms with Gasteiger partial charge < -0.3 is 42.6 Å². The minimum absolute atomic E-state index is 0.00987. The Kier molecular flexibility index (Phi) is 20.6. The topological polar surface area (TPSA) is 163 Å². The molecule has 2 heterocycles. The van der Waals surface area contributed by atoms with Crippen LogP contribution in [0.25, 0.3) is 0 Å². The highest BCUT2D eigenvalue weighted by Crippen LogP contribution is 2.37. The molecule has 2 aliphatic heterocycles. The lowest BCUT2D eigenvalue weighted by Gasteiger charge is -2.50. The molecule has 0 aliphatic carbocycles. The smallest absolute Gasteiger partial charge is 0.303 e. The molecule has 0 saturated carbocycles. The Hall–Kier alpha value is -3.98. The first-order valence-electron chi connectivity index (χ1n) is 23.1. The third kappa shape index (κ3) is 16.9. The van der Waals surface area contributed by atoms with Gasteiger partial charge in [-0.05, 0) is 34.1 Å². The van der Waals surface area contributed by atoms with Crippen molar-refractivity contribution in [2.24, 2.45) is 0 Å². The fourth-order valence-corrected chi connectivity index (χ4v) is 13.3. The van der Waals surface area contributed by atoms with E-state index in [1.54, 1.807) is 0 Å². The zero-order chi connectivity index (χ0) is 48.5. The normalized spacial score (nSPS) is 25.4. The van der Waals surface area contributed by atoms with E-state index in [9.17, 15) is 18.0 Å². The van der Waals surface area contributed by atoms with E-state index in [1.807, 2.05) is 128 Å². The maximum atomic E-state index is 14.2. The molecule has 0 bridgehead atoms. The number of hydrogen-bond donors (Lipinski definition) is 1. The SMILES string of the molecule is CCSC1OC(COCc2ccccc2)[C@H](OC2OC(COCc3ccccc3)[C@H](OC(C)=O)[C@H](OC(C)=O)[C@H]2OCc2ccccc2)[C@@H](OCc2ccccc2)[C@H]1NS(=O)(=O)CC[Si](C)(C)C. The third-order valence-electron chi connectivity index (χ3n) is 11.3. The van der Waals surface area contributed by atoms with Gasteiger partial charge >= 0.3 is 11.9 Å². The Morgan fingerprint density at radius 3 is 1.50 bits per heavy atom. The molecule has 2 aliphatic rings. The van der Waals surface area contributed by atoms with Crippen LogP contribution in [0.15, 0.2) is 121 Å². The van der Waals surface area contributed by atoms with Gasteiger partial charge in [-0.3, -0.25) is 9.59 Å². The fourth-order valence-electron chi connectivity index (χ4n) is 7.92. The van der Waals surface area contributed by atoms with Gasteiger partial charge in [0.15, 0.2) is 18.5 Å². The van der Waals surface area contributed by atoms with Crippen LogP contribution in [-0.2, 0) is 88.7 Å². The maximum absolute atomic E-state index is 14.2. The molecule has 6 rings (SSSR count). The second kappa shape index (κ2) is 26.3. The number of nitrogens with one attached hydrogen (secondary N) is 1. The molecule has 68 heavy (non-hydrogen) atoms. The van der Waals surface area contributed by atoms with Crippen LogP contribution in [0.4, 0.5) is 0 Å². The first kappa shape index (κ1) is 53.4. The van der Waals surface area contributed by atoms with Gasteiger partial charge in [0, 0.05) is 21.9 Å². The average Bonchev–Trinajstić information content (AvgIpc) is 3.31. The van der Waals surface area contributed by atoms with Crippen LogP contribution >= 0.6 is 11.8 Å². The van der Waals surface area contributed by atoms with E-state index in [1.165, 1.54) is 25.6 Å². The molecule has 0 aromatic heterocycles. The van der Waals surface area contributed by atoms with Crippen molar-refractivity contribution in [3.63, 3.8) is 0 Å². The predicted molar refractivity (Wildman–Crippen MR) is 263 cm³/mol. The molecule has 10 atom stereocenters. The summed E-state index contributed by atoms with van der Waals surface area (Å²) in [5.41, 5.74) is 2.76. The average molecular weight is 994 g/mol. The number of carbonyl (C=O) groups is 2. The van der Waals surface area contributed by atoms with Gasteiger partial charge in [-0.2, -0.15) is 0 Å². The molecule has 4 aromatic carbocycles. The van der Waals surface area contributed by atoms with Crippen LogP contribution in [-0.4, -0.2) is 114 Å². The number of carbonyl (C=O) groups excluding carboxylic acids is 2. The van der Waals surface area contributed by atoms with Crippen LogP contribution in [0.5, 0.6) is 0 Å². The Morgan fingerprint density at radius 1 is 0.603 bits per heavy atom. The molecule has 2 saturated heterocycles. The van der Waals surface area contributed by atoms with Gasteiger partial charge in [0.05, 0.1) is 51.4 Å². The molecule has 0 radical (unpaired) electrons. The van der Waals surface area contributed by atoms with Gasteiger partial charge in [0.1, 0.15) is 36.0 Å². The highest BCUT2D eigenvalue weighted by molar-refractivity contribution is 7.99. The molecule has 1 N–H and O–H groups in total. The van der Waals surface area contributed by atoms with E-state index in [0.717, 1.165) is 22.3 Å². The van der Waals surface area contributed by atoms with E-state index >= 15 is 0 Å². The standard InChI is InChI=1S/C51H67NO13S2Si/c1-7-66-51-44(52-67(55,56)28-29-68(4,5)6)47(59-32-40-24-16-10-17-25-40)45(43(64-51)35-58-31-39-22-14-9-15-23-39)65-50-49(60-33-41-26-18-11-19-27-41)48(62-37(3)54)46(61-36(2)53)42(63-50)34-57-30-38-20-12-8-13-21-38/h8-27,42-52H,7,28-35H2,1-6H3/t42?,43?,44-,45+,46+,47+,48+,49-,50?,51?/m1/s1. The second-order valence-corrected chi connectivity index (χ2v) is 27.0. The summed E-state index contributed by atoms with van der Waals surface area (Å²) in [6.07, 6.45) is -9.06. The number of benzene rings is 4. The molecule has 0 spiro atoms. The van der Waals surface area contributed by atoms with E-state index in [4.69, 9.17) is 42.6 Å². The summed E-state index contributed by atoms with van der Waals surface area (Å²) < 4.78 is 90.5. The second-order valence-electron chi connectivity index (χ2n) is 18.1. The Balaban J connectivity index is 1.44. The summed E-state index contributed by atoms with van der Waals surface area (Å²) >= 11 is 1.45. The zero-order valence-electron chi connectivity index (χ0n) is 39.8. The first-order valence-corrected chi connectivity index (χ1v) is 29.6. The number of thioether (sulfide) groups is 1. The van der Waals surface area contributed by atoms with Gasteiger partial charge in [0.2, 0.25) is 10.0 Å². The lowest BCUT2D eigenvalue weighted by Crippen LogP contribution is -2.68. The molecular weight excluding hydrogens is 927 g/mol. The lowest BCUT2D eigenvalue weighted by molar-refractivity contribution is -0.346. The number of ether oxygens (including phenoxy) is 9. The molecular formula is C51H67NO13S2Si. The largest absolute Gasteiger partial charge is 0.456 e. The molecule has 17 heteroatoms. The van der Waals surface area contributed by atoms with Gasteiger partial charge in [-0.1, -0.05) is 148 Å². The Labute approximate surface area is 407 Å². The van der Waals surface area contributed by atoms with E-state index in [2.05, 4.69) is 24.4 Å². The third-order valence-corrected chi connectivity index (χ3v) is 15.8. The highest BCUT2D eigenvalue weighted by Gasteiger charge is 2.55. The van der Waals surface area contributed by atoms with E-state index in [0.29, 0.717) is 11.8 Å². The van der Waals surface area contributed by atoms with Crippen molar-refractivity contribution >= 4 is 41.8 Å². The van der Waals surface area contributed by atoms with Gasteiger partial charge in [0.25, 0.3) is 0 Å². The molecule has 4 unspecified atom stereocenters. The molecule has 4 aromatic rings. The van der Waals surface area contributed by atoms with Crippen molar-refractivity contribution in [3.8, 4) is 0 Å². The molecule has 370 valence electrons. The predicted octanol–water partition coefficient (Wildman–Crippen LogP) is 7.67. The van der Waals surface area contributed by atoms with Gasteiger partial charge in [-0.25, -0.2) is 13.1 Å². The number of sulfonamides is 1.